The molecular formula is C22H24FN3O4S. The molecule has 2 aromatic rings. The van der Waals surface area contributed by atoms with Crippen molar-refractivity contribution in [2.24, 2.45) is 0 Å². The summed E-state index contributed by atoms with van der Waals surface area (Å²) in [5, 5.41) is 2.55. The van der Waals surface area contributed by atoms with E-state index in [1.54, 1.807) is 42.3 Å². The summed E-state index contributed by atoms with van der Waals surface area (Å²) in [5.41, 5.74) is 1.33. The van der Waals surface area contributed by atoms with Crippen LogP contribution in [0.5, 0.6) is 0 Å². The van der Waals surface area contributed by atoms with Crippen LogP contribution in [0.2, 0.25) is 0 Å². The standard InChI is InChI=1S/C22H24FN3O4S/c1-24-22(28)17-5-2-16(3-6-17)4-11-21(27)26-14-12-19(13-15-26)25-31(29,30)20-9-7-18(23)8-10-20/h2-11,19,25H,12-15H2,1H3,(H,24,28)/b11-4+. The van der Waals surface area contributed by atoms with Crippen molar-refractivity contribution in [2.45, 2.75) is 23.8 Å². The lowest BCUT2D eigenvalue weighted by Crippen LogP contribution is -2.46. The first-order valence-electron chi connectivity index (χ1n) is 9.85. The van der Waals surface area contributed by atoms with Crippen LogP contribution in [0.15, 0.2) is 59.5 Å². The molecule has 2 aromatic carbocycles. The number of nitrogens with one attached hydrogen (secondary N) is 2. The van der Waals surface area contributed by atoms with Crippen molar-refractivity contribution in [3.05, 3.63) is 71.6 Å². The van der Waals surface area contributed by atoms with Crippen LogP contribution in [0.25, 0.3) is 6.08 Å². The average molecular weight is 446 g/mol. The van der Waals surface area contributed by atoms with E-state index in [0.29, 0.717) is 31.5 Å². The highest BCUT2D eigenvalue weighted by Crippen LogP contribution is 2.16. The van der Waals surface area contributed by atoms with E-state index >= 15 is 0 Å². The molecule has 0 aliphatic carbocycles. The van der Waals surface area contributed by atoms with Gasteiger partial charge < -0.3 is 10.2 Å². The number of piperidine rings is 1. The lowest BCUT2D eigenvalue weighted by Gasteiger charge is -2.31. The third kappa shape index (κ3) is 5.99. The van der Waals surface area contributed by atoms with Crippen molar-refractivity contribution < 1.29 is 22.4 Å². The Hall–Kier alpha value is -3.04. The number of hydrogen-bond donors (Lipinski definition) is 2. The zero-order chi connectivity index (χ0) is 22.4. The van der Waals surface area contributed by atoms with Crippen LogP contribution in [-0.2, 0) is 14.8 Å². The Morgan fingerprint density at radius 2 is 1.65 bits per heavy atom. The number of sulfonamides is 1. The van der Waals surface area contributed by atoms with E-state index in [2.05, 4.69) is 10.0 Å². The molecule has 31 heavy (non-hydrogen) atoms. The first-order chi connectivity index (χ1) is 14.8. The van der Waals surface area contributed by atoms with E-state index in [4.69, 9.17) is 0 Å². The minimum Gasteiger partial charge on any atom is -0.355 e. The Balaban J connectivity index is 1.52. The Labute approximate surface area is 181 Å². The molecule has 1 aliphatic rings. The lowest BCUT2D eigenvalue weighted by atomic mass is 10.1. The molecule has 3 rings (SSSR count). The SMILES string of the molecule is CNC(=O)c1ccc(/C=C/C(=O)N2CCC(NS(=O)(=O)c3ccc(F)cc3)CC2)cc1. The average Bonchev–Trinajstić information content (AvgIpc) is 2.78. The van der Waals surface area contributed by atoms with Gasteiger partial charge >= 0.3 is 0 Å². The Morgan fingerprint density at radius 3 is 2.23 bits per heavy atom. The molecule has 0 unspecified atom stereocenters. The predicted molar refractivity (Wildman–Crippen MR) is 115 cm³/mol. The van der Waals surface area contributed by atoms with Gasteiger partial charge in [-0.15, -0.1) is 0 Å². The van der Waals surface area contributed by atoms with Crippen molar-refractivity contribution in [1.82, 2.24) is 14.9 Å². The Bertz CT molecular complexity index is 1060. The Morgan fingerprint density at radius 1 is 1.03 bits per heavy atom. The maximum Gasteiger partial charge on any atom is 0.251 e. The summed E-state index contributed by atoms with van der Waals surface area (Å²) in [6, 6.07) is 11.2. The number of nitrogens with zero attached hydrogens (tertiary/aromatic N) is 1. The fourth-order valence-corrected chi connectivity index (χ4v) is 4.59. The highest BCUT2D eigenvalue weighted by molar-refractivity contribution is 7.89. The zero-order valence-corrected chi connectivity index (χ0v) is 17.9. The van der Waals surface area contributed by atoms with E-state index in [1.807, 2.05) is 0 Å². The second-order valence-corrected chi connectivity index (χ2v) is 8.92. The molecule has 164 valence electrons. The molecule has 1 fully saturated rings. The van der Waals surface area contributed by atoms with Crippen molar-refractivity contribution >= 4 is 27.9 Å². The smallest absolute Gasteiger partial charge is 0.251 e. The molecule has 0 atom stereocenters. The molecule has 0 bridgehead atoms. The number of likely N-dealkylation sites (tertiary alicyclic amines) is 1. The number of rotatable bonds is 6. The van der Waals surface area contributed by atoms with E-state index in [9.17, 15) is 22.4 Å². The van der Waals surface area contributed by atoms with Gasteiger partial charge in [0.25, 0.3) is 5.91 Å². The Kier molecular flexibility index (Phi) is 7.19. The molecule has 0 spiro atoms. The molecule has 2 amide bonds. The molecule has 7 nitrogen and oxygen atoms in total. The van der Waals surface area contributed by atoms with E-state index in [-0.39, 0.29) is 22.8 Å². The number of carbonyl (C=O) groups is 2. The highest BCUT2D eigenvalue weighted by atomic mass is 32.2. The van der Waals surface area contributed by atoms with Gasteiger partial charge in [0.1, 0.15) is 5.82 Å². The molecule has 0 radical (unpaired) electrons. The first kappa shape index (κ1) is 22.6. The van der Waals surface area contributed by atoms with Crippen molar-refractivity contribution in [2.75, 3.05) is 20.1 Å². The van der Waals surface area contributed by atoms with E-state index in [0.717, 1.165) is 17.7 Å². The summed E-state index contributed by atoms with van der Waals surface area (Å²) < 4.78 is 40.5. The summed E-state index contributed by atoms with van der Waals surface area (Å²) in [5.74, 6) is -0.832. The minimum atomic E-state index is -3.73. The maximum atomic E-state index is 13.0. The van der Waals surface area contributed by atoms with E-state index < -0.39 is 15.8 Å². The fraction of sp³-hybridized carbons (Fsp3) is 0.273. The van der Waals surface area contributed by atoms with Crippen molar-refractivity contribution in [1.29, 1.82) is 0 Å². The molecule has 1 aliphatic heterocycles. The van der Waals surface area contributed by atoms with Crippen molar-refractivity contribution in [3.63, 3.8) is 0 Å². The number of amides is 2. The number of hydrogen-bond acceptors (Lipinski definition) is 4. The van der Waals surface area contributed by atoms with Gasteiger partial charge in [0.2, 0.25) is 15.9 Å². The molecule has 9 heteroatoms. The predicted octanol–water partition coefficient (Wildman–Crippen LogP) is 2.17. The third-order valence-electron chi connectivity index (χ3n) is 5.07. The lowest BCUT2D eigenvalue weighted by molar-refractivity contribution is -0.126. The summed E-state index contributed by atoms with van der Waals surface area (Å²) in [6.07, 6.45) is 4.12. The second kappa shape index (κ2) is 9.84. The van der Waals surface area contributed by atoms with Crippen LogP contribution in [-0.4, -0.2) is 51.3 Å². The van der Waals surface area contributed by atoms with Crippen LogP contribution >= 0.6 is 0 Å². The molecule has 1 heterocycles. The van der Waals surface area contributed by atoms with Gasteiger partial charge in [0, 0.05) is 37.8 Å². The summed E-state index contributed by atoms with van der Waals surface area (Å²) in [4.78, 5) is 25.7. The quantitative estimate of drug-likeness (QED) is 0.666. The zero-order valence-electron chi connectivity index (χ0n) is 17.0. The van der Waals surface area contributed by atoms with Gasteiger partial charge in [-0.25, -0.2) is 17.5 Å². The van der Waals surface area contributed by atoms with Gasteiger partial charge in [-0.05, 0) is 60.9 Å². The van der Waals surface area contributed by atoms with E-state index in [1.165, 1.54) is 18.2 Å². The molecule has 2 N–H and O–H groups in total. The normalized spacial score (nSPS) is 15.2. The monoisotopic (exact) mass is 445 g/mol. The summed E-state index contributed by atoms with van der Waals surface area (Å²) >= 11 is 0. The van der Waals surface area contributed by atoms with Gasteiger partial charge in [0.15, 0.2) is 0 Å². The third-order valence-corrected chi connectivity index (χ3v) is 6.61. The van der Waals surface area contributed by atoms with Gasteiger partial charge in [0.05, 0.1) is 4.90 Å². The minimum absolute atomic E-state index is 0.0118. The summed E-state index contributed by atoms with van der Waals surface area (Å²) in [6.45, 7) is 0.852. The van der Waals surface area contributed by atoms with Gasteiger partial charge in [-0.3, -0.25) is 9.59 Å². The maximum absolute atomic E-state index is 13.0. The molecule has 0 aromatic heterocycles. The number of halogens is 1. The highest BCUT2D eigenvalue weighted by Gasteiger charge is 2.26. The largest absolute Gasteiger partial charge is 0.355 e. The van der Waals surface area contributed by atoms with Crippen molar-refractivity contribution in [3.8, 4) is 0 Å². The van der Waals surface area contributed by atoms with Crippen LogP contribution in [0.4, 0.5) is 4.39 Å². The molecule has 1 saturated heterocycles. The topological polar surface area (TPSA) is 95.6 Å². The molecule has 0 saturated carbocycles. The van der Waals surface area contributed by atoms with Gasteiger partial charge in [-0.2, -0.15) is 0 Å². The second-order valence-electron chi connectivity index (χ2n) is 7.21. The first-order valence-corrected chi connectivity index (χ1v) is 11.3. The molecular weight excluding hydrogens is 421 g/mol. The van der Waals surface area contributed by atoms with Crippen LogP contribution in [0.3, 0.4) is 0 Å². The number of carbonyl (C=O) groups excluding carboxylic acids is 2. The fourth-order valence-electron chi connectivity index (χ4n) is 3.28. The van der Waals surface area contributed by atoms with Crippen LogP contribution in [0.1, 0.15) is 28.8 Å². The van der Waals surface area contributed by atoms with Gasteiger partial charge in [-0.1, -0.05) is 12.1 Å². The summed E-state index contributed by atoms with van der Waals surface area (Å²) in [7, 11) is -2.17. The van der Waals surface area contributed by atoms with Crippen LogP contribution < -0.4 is 10.0 Å². The number of benzene rings is 2. The van der Waals surface area contributed by atoms with Crippen LogP contribution in [0, 0.1) is 5.82 Å².